The molecule has 42 heavy (non-hydrogen) atoms. The lowest BCUT2D eigenvalue weighted by Crippen LogP contribution is -1.92. The lowest BCUT2D eigenvalue weighted by molar-refractivity contribution is 0.556. The topological polar surface area (TPSA) is 0 Å². The van der Waals surface area contributed by atoms with Crippen molar-refractivity contribution in [3.8, 4) is 9.75 Å². The molecule has 4 rings (SSSR count). The van der Waals surface area contributed by atoms with E-state index in [2.05, 4.69) is 62.5 Å². The number of hydrogen-bond donors (Lipinski definition) is 0. The van der Waals surface area contributed by atoms with Crippen LogP contribution in [-0.4, -0.2) is 0 Å². The van der Waals surface area contributed by atoms with Crippen molar-refractivity contribution in [1.29, 1.82) is 0 Å². The van der Waals surface area contributed by atoms with E-state index in [1.165, 1.54) is 160 Å². The molecule has 4 heteroatoms. The van der Waals surface area contributed by atoms with Gasteiger partial charge in [0.05, 0.1) is 8.03 Å². The van der Waals surface area contributed by atoms with Gasteiger partial charge in [0, 0.05) is 30.3 Å². The monoisotopic (exact) mass is 642 g/mol. The van der Waals surface area contributed by atoms with Crippen molar-refractivity contribution >= 4 is 64.1 Å². The van der Waals surface area contributed by atoms with Crippen LogP contribution in [0.4, 0.5) is 0 Å². The second kappa shape index (κ2) is 19.0. The molecule has 0 aromatic carbocycles. The zero-order valence-electron chi connectivity index (χ0n) is 27.3. The molecular weight excluding hydrogens is 585 g/mol. The highest BCUT2D eigenvalue weighted by Gasteiger charge is 2.22. The summed E-state index contributed by atoms with van der Waals surface area (Å²) in [5.74, 6) is 0. The normalized spacial score (nSPS) is 12.0. The number of aryl methyl sites for hydroxylation is 4. The Bertz CT molecular complexity index is 1260. The van der Waals surface area contributed by atoms with Gasteiger partial charge in [-0.05, 0) is 62.8 Å². The van der Waals surface area contributed by atoms with Gasteiger partial charge in [0.1, 0.15) is 0 Å². The van der Waals surface area contributed by atoms with Crippen LogP contribution in [0.2, 0.25) is 0 Å². The Morgan fingerprint density at radius 3 is 1.50 bits per heavy atom. The largest absolute Gasteiger partial charge is 0.130 e. The van der Waals surface area contributed by atoms with Gasteiger partial charge < -0.3 is 0 Å². The molecule has 0 amide bonds. The summed E-state index contributed by atoms with van der Waals surface area (Å²) in [4.78, 5) is 6.15. The van der Waals surface area contributed by atoms with E-state index in [4.69, 9.17) is 0 Å². The third kappa shape index (κ3) is 10.2. The summed E-state index contributed by atoms with van der Waals surface area (Å²) in [6.45, 7) is 9.27. The number of unbranched alkanes of at least 4 members (excludes halogenated alkanes) is 18. The highest BCUT2D eigenvalue weighted by Crippen LogP contribution is 2.49. The predicted octanol–water partition coefficient (Wildman–Crippen LogP) is 15.4. The van der Waals surface area contributed by atoms with Crippen LogP contribution in [0.5, 0.6) is 0 Å². The van der Waals surface area contributed by atoms with E-state index in [9.17, 15) is 0 Å². The van der Waals surface area contributed by atoms with Gasteiger partial charge in [0.2, 0.25) is 0 Å². The van der Waals surface area contributed by atoms with Crippen molar-refractivity contribution in [3.05, 3.63) is 33.0 Å². The van der Waals surface area contributed by atoms with E-state index in [1.54, 1.807) is 30.3 Å². The summed E-state index contributed by atoms with van der Waals surface area (Å²) in [6.07, 6.45) is 30.8. The van der Waals surface area contributed by atoms with Crippen LogP contribution in [-0.2, 0) is 12.8 Å². The number of rotatable bonds is 23. The Morgan fingerprint density at radius 2 is 0.976 bits per heavy atom. The molecule has 0 fully saturated rings. The molecule has 0 unspecified atom stereocenters. The second-order valence-electron chi connectivity index (χ2n) is 12.8. The standard InChI is InChI=1S/C38H58S4/c1-5-7-9-11-13-15-17-19-21-23-25-32-30(4)40-38-35(32)33(26-24-22-20-18-16-14-12-10-8-6-2)36(42-38)34-28-31-27-29(3)39-37(31)41-34/h27-28H,5-26H2,1-4H3. The maximum Gasteiger partial charge on any atom is 0.0880 e. The first kappa shape index (κ1) is 34.2. The van der Waals surface area contributed by atoms with Crippen LogP contribution < -0.4 is 0 Å². The molecule has 0 aliphatic heterocycles. The Labute approximate surface area is 274 Å². The van der Waals surface area contributed by atoms with Crippen LogP contribution in [0.1, 0.15) is 163 Å². The second-order valence-corrected chi connectivity index (χ2v) is 17.9. The fourth-order valence-corrected chi connectivity index (χ4v) is 12.0. The lowest BCUT2D eigenvalue weighted by Gasteiger charge is -2.08. The van der Waals surface area contributed by atoms with Gasteiger partial charge in [-0.3, -0.25) is 0 Å². The summed E-state index contributed by atoms with van der Waals surface area (Å²) in [5, 5.41) is 3.14. The Kier molecular flexibility index (Phi) is 15.4. The highest BCUT2D eigenvalue weighted by atomic mass is 32.2. The van der Waals surface area contributed by atoms with Gasteiger partial charge in [-0.25, -0.2) is 0 Å². The summed E-state index contributed by atoms with van der Waals surface area (Å²) >= 11 is 8.21. The summed E-state index contributed by atoms with van der Waals surface area (Å²) in [6, 6.07) is 4.88. The average molecular weight is 643 g/mol. The smallest absolute Gasteiger partial charge is 0.0880 e. The number of thiophene rings is 4. The van der Waals surface area contributed by atoms with Crippen molar-refractivity contribution in [2.75, 3.05) is 0 Å². The number of fused-ring (bicyclic) bond motifs is 2. The van der Waals surface area contributed by atoms with E-state index in [-0.39, 0.29) is 0 Å². The first-order chi connectivity index (χ1) is 20.6. The Balaban J connectivity index is 1.36. The molecule has 0 aliphatic carbocycles. The van der Waals surface area contributed by atoms with Crippen LogP contribution in [0.15, 0.2) is 12.1 Å². The third-order valence-corrected chi connectivity index (χ3v) is 14.0. The predicted molar refractivity (Wildman–Crippen MR) is 199 cm³/mol. The zero-order chi connectivity index (χ0) is 29.6. The van der Waals surface area contributed by atoms with Gasteiger partial charge in [0.15, 0.2) is 0 Å². The van der Waals surface area contributed by atoms with Gasteiger partial charge in [-0.2, -0.15) is 0 Å². The summed E-state index contributed by atoms with van der Waals surface area (Å²) in [5.41, 5.74) is 3.40. The molecule has 4 aromatic rings. The van der Waals surface area contributed by atoms with E-state index in [0.717, 1.165) is 0 Å². The zero-order valence-corrected chi connectivity index (χ0v) is 30.6. The molecule has 0 bridgehead atoms. The minimum atomic E-state index is 1.26. The van der Waals surface area contributed by atoms with E-state index in [0.29, 0.717) is 0 Å². The van der Waals surface area contributed by atoms with Crippen molar-refractivity contribution in [2.45, 2.75) is 169 Å². The third-order valence-electron chi connectivity index (χ3n) is 9.07. The van der Waals surface area contributed by atoms with Crippen LogP contribution in [0.25, 0.3) is 28.6 Å². The van der Waals surface area contributed by atoms with Crippen molar-refractivity contribution in [1.82, 2.24) is 0 Å². The van der Waals surface area contributed by atoms with Crippen molar-refractivity contribution in [2.24, 2.45) is 0 Å². The maximum atomic E-state index is 2.50. The SMILES string of the molecule is CCCCCCCCCCCCc1c(C)sc2sc(-c3cc4cc(C)sc4s3)c(CCCCCCCCCCCC)c12. The molecule has 0 saturated carbocycles. The molecular formula is C38H58S4. The summed E-state index contributed by atoms with van der Waals surface area (Å²) in [7, 11) is 0. The fourth-order valence-electron chi connectivity index (χ4n) is 6.59. The minimum absolute atomic E-state index is 1.26. The number of hydrogen-bond acceptors (Lipinski definition) is 4. The summed E-state index contributed by atoms with van der Waals surface area (Å²) < 4.78 is 3.10. The molecule has 0 atom stereocenters. The minimum Gasteiger partial charge on any atom is -0.130 e. The molecule has 4 heterocycles. The van der Waals surface area contributed by atoms with Crippen molar-refractivity contribution < 1.29 is 0 Å². The quantitative estimate of drug-likeness (QED) is 0.0706. The van der Waals surface area contributed by atoms with Crippen LogP contribution >= 0.6 is 45.3 Å². The maximum absolute atomic E-state index is 2.50. The molecule has 234 valence electrons. The fraction of sp³-hybridized carbons (Fsp3) is 0.684. The molecule has 0 saturated heterocycles. The lowest BCUT2D eigenvalue weighted by atomic mass is 9.97. The van der Waals surface area contributed by atoms with E-state index in [1.807, 2.05) is 22.7 Å². The van der Waals surface area contributed by atoms with Gasteiger partial charge >= 0.3 is 0 Å². The average Bonchev–Trinajstić information content (AvgIpc) is 3.70. The molecule has 0 spiro atoms. The molecule has 0 nitrogen and oxygen atoms in total. The van der Waals surface area contributed by atoms with E-state index >= 15 is 0 Å². The Hall–Kier alpha value is -0.680. The molecule has 0 N–H and O–H groups in total. The van der Waals surface area contributed by atoms with Crippen LogP contribution in [0, 0.1) is 13.8 Å². The van der Waals surface area contributed by atoms with Crippen LogP contribution in [0.3, 0.4) is 0 Å². The van der Waals surface area contributed by atoms with Gasteiger partial charge in [-0.15, -0.1) is 45.3 Å². The van der Waals surface area contributed by atoms with Gasteiger partial charge in [-0.1, -0.05) is 129 Å². The molecule has 4 aromatic heterocycles. The van der Waals surface area contributed by atoms with E-state index < -0.39 is 0 Å². The molecule has 0 aliphatic rings. The van der Waals surface area contributed by atoms with Crippen molar-refractivity contribution in [3.63, 3.8) is 0 Å². The highest BCUT2D eigenvalue weighted by molar-refractivity contribution is 7.43. The first-order valence-corrected chi connectivity index (χ1v) is 20.9. The first-order valence-electron chi connectivity index (χ1n) is 17.7. The molecule has 0 radical (unpaired) electrons. The van der Waals surface area contributed by atoms with Gasteiger partial charge in [0.25, 0.3) is 0 Å². The Morgan fingerprint density at radius 1 is 0.476 bits per heavy atom.